The summed E-state index contributed by atoms with van der Waals surface area (Å²) in [6.45, 7) is 5.84. The Morgan fingerprint density at radius 3 is 2.72 bits per heavy atom. The summed E-state index contributed by atoms with van der Waals surface area (Å²) in [7, 11) is 1.89. The van der Waals surface area contributed by atoms with Gasteiger partial charge in [0, 0.05) is 32.5 Å². The summed E-state index contributed by atoms with van der Waals surface area (Å²) in [6.07, 6.45) is 7.45. The van der Waals surface area contributed by atoms with Crippen molar-refractivity contribution in [2.45, 2.75) is 26.7 Å². The first kappa shape index (κ1) is 15.6. The zero-order chi connectivity index (χ0) is 17.6. The van der Waals surface area contributed by atoms with E-state index >= 15 is 0 Å². The van der Waals surface area contributed by atoms with E-state index in [0.29, 0.717) is 11.2 Å². The molecule has 3 aromatic rings. The van der Waals surface area contributed by atoms with Crippen LogP contribution in [0.2, 0.25) is 0 Å². The third-order valence-corrected chi connectivity index (χ3v) is 4.69. The molecule has 0 aromatic carbocycles. The van der Waals surface area contributed by atoms with Gasteiger partial charge in [0.05, 0.1) is 11.9 Å². The van der Waals surface area contributed by atoms with Crippen LogP contribution in [-0.4, -0.2) is 43.4 Å². The Morgan fingerprint density at radius 1 is 1.20 bits per heavy atom. The van der Waals surface area contributed by atoms with Gasteiger partial charge in [-0.1, -0.05) is 0 Å². The summed E-state index contributed by atoms with van der Waals surface area (Å²) >= 11 is 0. The second-order valence-electron chi connectivity index (χ2n) is 6.51. The number of nitrogens with zero attached hydrogens (tertiary/aromatic N) is 6. The monoisotopic (exact) mass is 339 g/mol. The summed E-state index contributed by atoms with van der Waals surface area (Å²) in [6, 6.07) is 0. The highest BCUT2D eigenvalue weighted by atomic mass is 16.1. The van der Waals surface area contributed by atoms with Gasteiger partial charge in [0.25, 0.3) is 5.91 Å². The fourth-order valence-corrected chi connectivity index (χ4v) is 3.20. The Labute approximate surface area is 145 Å². The van der Waals surface area contributed by atoms with Gasteiger partial charge >= 0.3 is 0 Å². The van der Waals surface area contributed by atoms with E-state index in [-0.39, 0.29) is 5.91 Å². The lowest BCUT2D eigenvalue weighted by atomic mass is 10.2. The van der Waals surface area contributed by atoms with Crippen molar-refractivity contribution < 1.29 is 4.79 Å². The molecule has 1 aliphatic rings. The van der Waals surface area contributed by atoms with Crippen LogP contribution in [0.3, 0.4) is 0 Å². The summed E-state index contributed by atoms with van der Waals surface area (Å²) in [5.41, 5.74) is 3.68. The number of nitrogens with one attached hydrogen (secondary N) is 1. The Morgan fingerprint density at radius 2 is 1.96 bits per heavy atom. The van der Waals surface area contributed by atoms with Crippen molar-refractivity contribution in [3.05, 3.63) is 35.4 Å². The topological polar surface area (TPSA) is 80.3 Å². The fourth-order valence-electron chi connectivity index (χ4n) is 3.20. The van der Waals surface area contributed by atoms with Crippen LogP contribution in [0.1, 0.15) is 34.5 Å². The van der Waals surface area contributed by atoms with Crippen LogP contribution in [0.4, 0.5) is 11.5 Å². The lowest BCUT2D eigenvalue weighted by Crippen LogP contribution is -2.21. The molecule has 3 aromatic heterocycles. The van der Waals surface area contributed by atoms with Gasteiger partial charge in [0.2, 0.25) is 0 Å². The number of carbonyl (C=O) groups is 1. The molecule has 4 rings (SSSR count). The van der Waals surface area contributed by atoms with Gasteiger partial charge in [-0.3, -0.25) is 9.48 Å². The first-order valence-corrected chi connectivity index (χ1v) is 8.44. The number of rotatable bonds is 3. The highest BCUT2D eigenvalue weighted by Crippen LogP contribution is 2.31. The maximum absolute atomic E-state index is 12.8. The lowest BCUT2D eigenvalue weighted by molar-refractivity contribution is 0.102. The summed E-state index contributed by atoms with van der Waals surface area (Å²) in [5, 5.41) is 11.9. The van der Waals surface area contributed by atoms with Crippen molar-refractivity contribution in [2.24, 2.45) is 7.05 Å². The number of fused-ring (bicyclic) bond motifs is 1. The average molecular weight is 339 g/mol. The quantitative estimate of drug-likeness (QED) is 0.789. The number of anilines is 2. The highest BCUT2D eigenvalue weighted by molar-refractivity contribution is 6.09. The van der Waals surface area contributed by atoms with Crippen LogP contribution in [0.15, 0.2) is 18.6 Å². The minimum absolute atomic E-state index is 0.220. The summed E-state index contributed by atoms with van der Waals surface area (Å²) in [4.78, 5) is 19.4. The van der Waals surface area contributed by atoms with Crippen molar-refractivity contribution in [1.29, 1.82) is 0 Å². The number of aryl methyl sites for hydroxylation is 2. The predicted octanol–water partition coefficient (Wildman–Crippen LogP) is 1.93. The van der Waals surface area contributed by atoms with Gasteiger partial charge < -0.3 is 10.2 Å². The van der Waals surface area contributed by atoms with E-state index in [4.69, 9.17) is 0 Å². The number of hydrogen-bond acceptors (Lipinski definition) is 5. The molecule has 130 valence electrons. The molecule has 0 atom stereocenters. The van der Waals surface area contributed by atoms with Gasteiger partial charge in [-0.15, -0.1) is 0 Å². The Hall–Kier alpha value is -2.90. The van der Waals surface area contributed by atoms with Crippen molar-refractivity contribution in [2.75, 3.05) is 23.3 Å². The van der Waals surface area contributed by atoms with E-state index in [2.05, 4.69) is 25.4 Å². The molecule has 8 heteroatoms. The zero-order valence-electron chi connectivity index (χ0n) is 14.7. The molecular formula is C17H21N7O. The van der Waals surface area contributed by atoms with Crippen LogP contribution < -0.4 is 10.2 Å². The normalized spacial score (nSPS) is 14.4. The molecule has 0 radical (unpaired) electrons. The number of hydrogen-bond donors (Lipinski definition) is 1. The van der Waals surface area contributed by atoms with Gasteiger partial charge in [-0.25, -0.2) is 9.50 Å². The molecule has 1 fully saturated rings. The Bertz CT molecular complexity index is 949. The van der Waals surface area contributed by atoms with E-state index in [1.807, 2.05) is 27.1 Å². The predicted molar refractivity (Wildman–Crippen MR) is 95.1 cm³/mol. The van der Waals surface area contributed by atoms with Crippen LogP contribution in [0.25, 0.3) is 5.65 Å². The minimum Gasteiger partial charge on any atom is -0.353 e. The number of aromatic nitrogens is 5. The maximum atomic E-state index is 12.8. The van der Waals surface area contributed by atoms with Crippen LogP contribution in [0, 0.1) is 13.8 Å². The number of amides is 1. The molecule has 0 bridgehead atoms. The van der Waals surface area contributed by atoms with Crippen LogP contribution >= 0.6 is 0 Å². The maximum Gasteiger partial charge on any atom is 0.261 e. The molecule has 0 saturated carbocycles. The molecule has 0 spiro atoms. The van der Waals surface area contributed by atoms with E-state index in [1.54, 1.807) is 21.6 Å². The average Bonchev–Trinajstić information content (AvgIpc) is 3.30. The van der Waals surface area contributed by atoms with E-state index in [9.17, 15) is 4.79 Å². The van der Waals surface area contributed by atoms with Crippen molar-refractivity contribution in [3.63, 3.8) is 0 Å². The highest BCUT2D eigenvalue weighted by Gasteiger charge is 2.24. The Balaban J connectivity index is 1.68. The Kier molecular flexibility index (Phi) is 3.67. The first-order chi connectivity index (χ1) is 12.0. The molecule has 0 unspecified atom stereocenters. The molecule has 8 nitrogen and oxygen atoms in total. The van der Waals surface area contributed by atoms with E-state index in [1.165, 1.54) is 0 Å². The SMILES string of the molecule is Cc1cnc2c(C(=O)Nc3c(N4CCCC4)nn(C)c3C)cnn2c1. The summed E-state index contributed by atoms with van der Waals surface area (Å²) < 4.78 is 3.43. The smallest absolute Gasteiger partial charge is 0.261 e. The van der Waals surface area contributed by atoms with Crippen LogP contribution in [-0.2, 0) is 7.05 Å². The fraction of sp³-hybridized carbons (Fsp3) is 0.412. The zero-order valence-corrected chi connectivity index (χ0v) is 14.7. The standard InChI is InChI=1S/C17H21N7O/c1-11-8-18-15-13(9-19-24(15)10-11)17(25)20-14-12(2)22(3)21-16(14)23-6-4-5-7-23/h8-10H,4-7H2,1-3H3,(H,20,25). The van der Waals surface area contributed by atoms with Gasteiger partial charge in [0.15, 0.2) is 11.5 Å². The second-order valence-corrected chi connectivity index (χ2v) is 6.51. The minimum atomic E-state index is -0.220. The van der Waals surface area contributed by atoms with Gasteiger partial charge in [0.1, 0.15) is 11.3 Å². The van der Waals surface area contributed by atoms with Gasteiger partial charge in [-0.2, -0.15) is 10.2 Å². The number of carbonyl (C=O) groups excluding carboxylic acids is 1. The molecule has 1 amide bonds. The first-order valence-electron chi connectivity index (χ1n) is 8.44. The van der Waals surface area contributed by atoms with Crippen molar-refractivity contribution in [3.8, 4) is 0 Å². The third kappa shape index (κ3) is 2.63. The molecule has 25 heavy (non-hydrogen) atoms. The molecular weight excluding hydrogens is 318 g/mol. The largest absolute Gasteiger partial charge is 0.353 e. The molecule has 1 N–H and O–H groups in total. The van der Waals surface area contributed by atoms with Crippen molar-refractivity contribution >= 4 is 23.1 Å². The molecule has 4 heterocycles. The van der Waals surface area contributed by atoms with Gasteiger partial charge in [-0.05, 0) is 32.3 Å². The lowest BCUT2D eigenvalue weighted by Gasteiger charge is -2.16. The second kappa shape index (κ2) is 5.87. The van der Waals surface area contributed by atoms with Crippen LogP contribution in [0.5, 0.6) is 0 Å². The molecule has 1 saturated heterocycles. The third-order valence-electron chi connectivity index (χ3n) is 4.69. The molecule has 0 aliphatic carbocycles. The van der Waals surface area contributed by atoms with E-state index in [0.717, 1.165) is 48.7 Å². The summed E-state index contributed by atoms with van der Waals surface area (Å²) in [5.74, 6) is 0.619. The molecule has 1 aliphatic heterocycles. The van der Waals surface area contributed by atoms with Crippen molar-refractivity contribution in [1.82, 2.24) is 24.4 Å². The van der Waals surface area contributed by atoms with E-state index < -0.39 is 0 Å².